The molecule has 0 N–H and O–H groups in total. The largest absolute Gasteiger partial charge is 0.444 e. The molecule has 2 amide bonds. The molecular formula is C18H26ClN5O3. The number of nitrogens with zero attached hydrogens (tertiary/aromatic N) is 5. The number of piperazine rings is 1. The molecule has 3 heterocycles. The topological polar surface area (TPSA) is 78.9 Å². The van der Waals surface area contributed by atoms with Crippen molar-refractivity contribution < 1.29 is 14.3 Å². The van der Waals surface area contributed by atoms with Crippen molar-refractivity contribution in [3.05, 3.63) is 11.0 Å². The number of anilines is 2. The summed E-state index contributed by atoms with van der Waals surface area (Å²) in [6.45, 7) is 10.6. The van der Waals surface area contributed by atoms with E-state index in [2.05, 4.69) is 9.97 Å². The van der Waals surface area contributed by atoms with Gasteiger partial charge in [0.1, 0.15) is 17.3 Å². The maximum absolute atomic E-state index is 13.1. The average Bonchev–Trinajstić information content (AvgIpc) is 2.56. The van der Waals surface area contributed by atoms with Crippen LogP contribution in [-0.2, 0) is 9.53 Å². The fourth-order valence-electron chi connectivity index (χ4n) is 3.43. The lowest BCUT2D eigenvalue weighted by Gasteiger charge is -2.46. The normalized spacial score (nSPS) is 19.9. The van der Waals surface area contributed by atoms with Crippen LogP contribution in [0.3, 0.4) is 0 Å². The van der Waals surface area contributed by atoms with Crippen molar-refractivity contribution in [2.75, 3.05) is 36.5 Å². The zero-order valence-corrected chi connectivity index (χ0v) is 17.4. The number of carbonyl (C=O) groups excluding carboxylic acids is 2. The predicted octanol–water partition coefficient (Wildman–Crippen LogP) is 2.66. The van der Waals surface area contributed by atoms with Gasteiger partial charge in [-0.25, -0.2) is 9.78 Å². The average molecular weight is 396 g/mol. The lowest BCUT2D eigenvalue weighted by molar-refractivity contribution is -0.120. The molecule has 1 saturated heterocycles. The smallest absolute Gasteiger partial charge is 0.410 e. The summed E-state index contributed by atoms with van der Waals surface area (Å²) in [5.74, 6) is 0.646. The Balaban J connectivity index is 1.94. The van der Waals surface area contributed by atoms with E-state index in [0.29, 0.717) is 24.6 Å². The van der Waals surface area contributed by atoms with Crippen molar-refractivity contribution in [1.29, 1.82) is 0 Å². The highest BCUT2D eigenvalue weighted by Gasteiger charge is 2.44. The molecule has 1 fully saturated rings. The minimum absolute atomic E-state index is 0.0918. The van der Waals surface area contributed by atoms with E-state index in [4.69, 9.17) is 16.3 Å². The number of hydrogen-bond donors (Lipinski definition) is 0. The van der Waals surface area contributed by atoms with E-state index in [-0.39, 0.29) is 23.7 Å². The maximum atomic E-state index is 13.1. The highest BCUT2D eigenvalue weighted by Crippen LogP contribution is 2.40. The van der Waals surface area contributed by atoms with Gasteiger partial charge >= 0.3 is 6.09 Å². The third kappa shape index (κ3) is 3.67. The Bertz CT molecular complexity index is 777. The molecule has 2 aliphatic rings. The number of carbonyl (C=O) groups is 2. The lowest BCUT2D eigenvalue weighted by atomic mass is 10.0. The molecule has 0 aromatic carbocycles. The van der Waals surface area contributed by atoms with Crippen molar-refractivity contribution in [2.24, 2.45) is 0 Å². The van der Waals surface area contributed by atoms with Gasteiger partial charge in [-0.1, -0.05) is 13.8 Å². The second kappa shape index (κ2) is 6.82. The number of hydrogen-bond acceptors (Lipinski definition) is 6. The van der Waals surface area contributed by atoms with Crippen molar-refractivity contribution in [3.63, 3.8) is 0 Å². The second-order valence-corrected chi connectivity index (χ2v) is 8.58. The summed E-state index contributed by atoms with van der Waals surface area (Å²) in [6, 6.07) is -0.519. The van der Waals surface area contributed by atoms with Crippen molar-refractivity contribution in [3.8, 4) is 0 Å². The van der Waals surface area contributed by atoms with Crippen molar-refractivity contribution >= 4 is 35.1 Å². The predicted molar refractivity (Wildman–Crippen MR) is 103 cm³/mol. The van der Waals surface area contributed by atoms with E-state index in [0.717, 1.165) is 5.69 Å². The minimum Gasteiger partial charge on any atom is -0.444 e. The summed E-state index contributed by atoms with van der Waals surface area (Å²) >= 11 is 6.16. The molecule has 2 aliphatic heterocycles. The molecule has 1 aromatic rings. The van der Waals surface area contributed by atoms with Crippen molar-refractivity contribution in [2.45, 2.75) is 52.2 Å². The summed E-state index contributed by atoms with van der Waals surface area (Å²) in [4.78, 5) is 39.3. The number of aromatic nitrogens is 2. The van der Waals surface area contributed by atoms with Gasteiger partial charge in [0.2, 0.25) is 5.28 Å². The van der Waals surface area contributed by atoms with E-state index in [1.165, 1.54) is 0 Å². The van der Waals surface area contributed by atoms with Crippen LogP contribution in [0, 0.1) is 0 Å². The monoisotopic (exact) mass is 395 g/mol. The number of amides is 2. The van der Waals surface area contributed by atoms with Gasteiger partial charge in [-0.15, -0.1) is 0 Å². The van der Waals surface area contributed by atoms with Crippen LogP contribution in [0.25, 0.3) is 0 Å². The summed E-state index contributed by atoms with van der Waals surface area (Å²) in [6.07, 6.45) is -0.410. The molecule has 0 bridgehead atoms. The summed E-state index contributed by atoms with van der Waals surface area (Å²) in [5, 5.41) is 0.161. The van der Waals surface area contributed by atoms with Gasteiger partial charge in [0.25, 0.3) is 5.91 Å². The molecule has 27 heavy (non-hydrogen) atoms. The van der Waals surface area contributed by atoms with Crippen LogP contribution in [0.5, 0.6) is 0 Å². The highest BCUT2D eigenvalue weighted by molar-refractivity contribution is 6.28. The van der Waals surface area contributed by atoms with Crippen LogP contribution in [0.1, 0.15) is 46.2 Å². The van der Waals surface area contributed by atoms with Crippen LogP contribution < -0.4 is 9.80 Å². The Morgan fingerprint density at radius 1 is 1.26 bits per heavy atom. The van der Waals surface area contributed by atoms with Crippen LogP contribution in [0.2, 0.25) is 5.28 Å². The number of rotatable bonds is 1. The minimum atomic E-state index is -0.582. The first-order valence-corrected chi connectivity index (χ1v) is 9.47. The molecular weight excluding hydrogens is 370 g/mol. The van der Waals surface area contributed by atoms with Crippen LogP contribution in [0.4, 0.5) is 16.3 Å². The first-order valence-electron chi connectivity index (χ1n) is 9.09. The first kappa shape index (κ1) is 19.7. The molecule has 1 aromatic heterocycles. The lowest BCUT2D eigenvalue weighted by Crippen LogP contribution is -2.63. The highest BCUT2D eigenvalue weighted by atomic mass is 35.5. The quantitative estimate of drug-likeness (QED) is 0.680. The molecule has 0 spiro atoms. The Morgan fingerprint density at radius 3 is 2.52 bits per heavy atom. The van der Waals surface area contributed by atoms with Crippen LogP contribution >= 0.6 is 11.6 Å². The Morgan fingerprint density at radius 2 is 1.93 bits per heavy atom. The molecule has 0 radical (unpaired) electrons. The van der Waals surface area contributed by atoms with Gasteiger partial charge in [-0.2, -0.15) is 4.98 Å². The summed E-state index contributed by atoms with van der Waals surface area (Å²) in [5.41, 5.74) is 0.858. The Hall–Kier alpha value is -2.09. The Labute approximate surface area is 164 Å². The van der Waals surface area contributed by atoms with Gasteiger partial charge < -0.3 is 19.4 Å². The van der Waals surface area contributed by atoms with Gasteiger partial charge in [-0.05, 0) is 38.3 Å². The third-order valence-corrected chi connectivity index (χ3v) is 4.84. The molecule has 8 nitrogen and oxygen atoms in total. The first-order chi connectivity index (χ1) is 12.5. The van der Waals surface area contributed by atoms with Gasteiger partial charge in [0.05, 0.1) is 12.2 Å². The fourth-order valence-corrected chi connectivity index (χ4v) is 3.60. The zero-order valence-electron chi connectivity index (χ0n) is 16.6. The van der Waals surface area contributed by atoms with E-state index in [9.17, 15) is 9.59 Å². The molecule has 148 valence electrons. The van der Waals surface area contributed by atoms with Crippen LogP contribution in [0.15, 0.2) is 0 Å². The summed E-state index contributed by atoms with van der Waals surface area (Å²) in [7, 11) is 1.72. The van der Waals surface area contributed by atoms with E-state index in [1.54, 1.807) is 16.8 Å². The van der Waals surface area contributed by atoms with E-state index < -0.39 is 17.7 Å². The summed E-state index contributed by atoms with van der Waals surface area (Å²) < 4.78 is 5.45. The number of likely N-dealkylation sites (N-methyl/N-ethyl adjacent to an activating group) is 1. The fraction of sp³-hybridized carbons (Fsp3) is 0.667. The SMILES string of the molecule is CC(C)c1nc(Cl)nc2c1N(C)C(=O)C1CN(C(=O)OC(C)(C)C)CCN21. The zero-order chi connectivity index (χ0) is 20.1. The second-order valence-electron chi connectivity index (χ2n) is 8.24. The molecule has 9 heteroatoms. The van der Waals surface area contributed by atoms with E-state index >= 15 is 0 Å². The van der Waals surface area contributed by atoms with Crippen molar-refractivity contribution in [1.82, 2.24) is 14.9 Å². The Kier molecular flexibility index (Phi) is 4.96. The molecule has 3 rings (SSSR count). The number of halogens is 1. The van der Waals surface area contributed by atoms with Crippen LogP contribution in [-0.4, -0.2) is 65.2 Å². The third-order valence-electron chi connectivity index (χ3n) is 4.67. The molecule has 1 unspecified atom stereocenters. The molecule has 0 saturated carbocycles. The number of fused-ring (bicyclic) bond motifs is 3. The molecule has 1 atom stereocenters. The van der Waals surface area contributed by atoms with Gasteiger partial charge in [0.15, 0.2) is 5.82 Å². The van der Waals surface area contributed by atoms with Gasteiger partial charge in [0, 0.05) is 20.1 Å². The van der Waals surface area contributed by atoms with E-state index in [1.807, 2.05) is 39.5 Å². The molecule has 0 aliphatic carbocycles. The number of ether oxygens (including phenoxy) is 1. The van der Waals surface area contributed by atoms with Gasteiger partial charge in [-0.3, -0.25) is 4.79 Å². The maximum Gasteiger partial charge on any atom is 0.410 e. The standard InChI is InChI=1S/C18H26ClN5O3/c1-10(2)12-13-14(21-16(19)20-12)24-8-7-23(17(26)27-18(3,4)5)9-11(24)15(25)22(13)6/h10-11H,7-9H2,1-6H3.